The Morgan fingerprint density at radius 3 is 1.60 bits per heavy atom. The highest BCUT2D eigenvalue weighted by Crippen LogP contribution is 2.49. The molecule has 2 unspecified atom stereocenters. The Bertz CT molecular complexity index is 1580. The maximum Gasteiger partial charge on any atom is 0.353 e. The first-order valence-corrected chi connectivity index (χ1v) is 16.2. The summed E-state index contributed by atoms with van der Waals surface area (Å²) in [6, 6.07) is 35.3. The molecule has 1 fully saturated rings. The number of nitrogens with one attached hydrogen (secondary N) is 1. The van der Waals surface area contributed by atoms with E-state index in [-0.39, 0.29) is 11.8 Å². The van der Waals surface area contributed by atoms with E-state index < -0.39 is 47.8 Å². The molecular weight excluding hydrogens is 583 g/mol. The molecule has 43 heavy (non-hydrogen) atoms. The second-order valence-corrected chi connectivity index (χ2v) is 14.2. The lowest BCUT2D eigenvalue weighted by atomic mass is 10.1. The van der Waals surface area contributed by atoms with Crippen molar-refractivity contribution in [3.8, 4) is 0 Å². The van der Waals surface area contributed by atoms with Gasteiger partial charge in [-0.05, 0) is 21.5 Å². The molecule has 5 rings (SSSR count). The Balaban J connectivity index is 1.72. The van der Waals surface area contributed by atoms with Gasteiger partial charge in [-0.3, -0.25) is 19.3 Å². The summed E-state index contributed by atoms with van der Waals surface area (Å²) in [5, 5.41) is 23.6. The van der Waals surface area contributed by atoms with Gasteiger partial charge in [0.05, 0.1) is 6.42 Å². The van der Waals surface area contributed by atoms with Gasteiger partial charge < -0.3 is 15.5 Å². The van der Waals surface area contributed by atoms with Crippen LogP contribution in [0.3, 0.4) is 0 Å². The van der Waals surface area contributed by atoms with E-state index in [1.807, 2.05) is 97.1 Å². The second kappa shape index (κ2) is 13.3. The number of aliphatic hydroxyl groups is 1. The van der Waals surface area contributed by atoms with Gasteiger partial charge in [0.15, 0.2) is 0 Å². The lowest BCUT2D eigenvalue weighted by Gasteiger charge is -2.48. The van der Waals surface area contributed by atoms with Crippen molar-refractivity contribution in [2.24, 2.45) is 0 Å². The van der Waals surface area contributed by atoms with Crippen LogP contribution in [-0.2, 0) is 25.6 Å². The Kier molecular flexibility index (Phi) is 9.26. The van der Waals surface area contributed by atoms with Crippen molar-refractivity contribution in [2.75, 3.05) is 6.61 Å². The van der Waals surface area contributed by atoms with Crippen molar-refractivity contribution >= 4 is 62.9 Å². The molecule has 1 saturated heterocycles. The van der Waals surface area contributed by atoms with E-state index in [1.54, 1.807) is 24.3 Å². The number of carbonyl (C=O) groups excluding carboxylic acids is 3. The monoisotopic (exact) mass is 612 g/mol. The second-order valence-electron chi connectivity index (χ2n) is 9.76. The summed E-state index contributed by atoms with van der Waals surface area (Å²) in [7, 11) is 0. The van der Waals surface area contributed by atoms with Gasteiger partial charge in [0.1, 0.15) is 23.4 Å². The van der Waals surface area contributed by atoms with E-state index in [9.17, 15) is 29.4 Å². The molecule has 0 aliphatic carbocycles. The summed E-state index contributed by atoms with van der Waals surface area (Å²) in [5.74, 6) is -2.41. The average Bonchev–Trinajstić information content (AvgIpc) is 3.04. The molecule has 3 N–H and O–H groups in total. The Morgan fingerprint density at radius 2 is 1.19 bits per heavy atom. The number of rotatable bonds is 10. The minimum atomic E-state index is -3.26. The predicted molar refractivity (Wildman–Crippen MR) is 170 cm³/mol. The third-order valence-electron chi connectivity index (χ3n) is 7.12. The molecule has 0 saturated carbocycles. The number of hydrogen-bond donors (Lipinski definition) is 3. The lowest BCUT2D eigenvalue weighted by molar-refractivity contribution is -0.144. The van der Waals surface area contributed by atoms with E-state index in [1.165, 1.54) is 0 Å². The molecule has 2 atom stereocenters. The van der Waals surface area contributed by atoms with Crippen molar-refractivity contribution in [1.82, 2.24) is 10.2 Å². The third kappa shape index (κ3) is 5.92. The van der Waals surface area contributed by atoms with Crippen molar-refractivity contribution in [2.45, 2.75) is 17.8 Å². The zero-order valence-corrected chi connectivity index (χ0v) is 24.7. The number of thioether (sulfide) groups is 1. The molecule has 4 aromatic carbocycles. The summed E-state index contributed by atoms with van der Waals surface area (Å²) >= 11 is 0.637. The van der Waals surface area contributed by atoms with Crippen LogP contribution >= 0.6 is 18.6 Å². The number of nitrogens with zero attached hydrogens (tertiary/aromatic N) is 1. The maximum atomic E-state index is 14.0. The molecular formula is C33H29N2O6PS. The number of β-lactam (4-membered cyclic amide) rings is 1. The summed E-state index contributed by atoms with van der Waals surface area (Å²) < 4.78 is 0. The molecule has 0 radical (unpaired) electrons. The SMILES string of the molecule is O=C(Cc1ccccc1)NC1C(=O)N(C(C(=O)O)=P(c2ccccc2)(c2ccccc2)c2ccccc2)C1SC(=O)CO. The summed E-state index contributed by atoms with van der Waals surface area (Å²) in [6.07, 6.45) is 0.000435. The molecule has 8 nitrogen and oxygen atoms in total. The predicted octanol–water partition coefficient (Wildman–Crippen LogP) is 2.34. The average molecular weight is 613 g/mol. The summed E-state index contributed by atoms with van der Waals surface area (Å²) in [4.78, 5) is 54.1. The lowest BCUT2D eigenvalue weighted by Crippen LogP contribution is -2.72. The number of carbonyl (C=O) groups is 4. The molecule has 4 aromatic rings. The van der Waals surface area contributed by atoms with Crippen LogP contribution in [-0.4, -0.2) is 61.5 Å². The Labute approximate surface area is 253 Å². The zero-order chi connectivity index (χ0) is 30.4. The Morgan fingerprint density at radius 1 is 0.744 bits per heavy atom. The van der Waals surface area contributed by atoms with Crippen molar-refractivity contribution in [3.63, 3.8) is 0 Å². The van der Waals surface area contributed by atoms with Crippen LogP contribution in [0.1, 0.15) is 5.56 Å². The number of hydrogen-bond acceptors (Lipinski definition) is 6. The van der Waals surface area contributed by atoms with Gasteiger partial charge in [-0.25, -0.2) is 4.79 Å². The molecule has 1 aliphatic heterocycles. The zero-order valence-electron chi connectivity index (χ0n) is 22.9. The molecule has 1 heterocycles. The number of benzene rings is 4. The fraction of sp³-hybridized carbons (Fsp3) is 0.121. The largest absolute Gasteiger partial charge is 0.477 e. The van der Waals surface area contributed by atoms with Crippen LogP contribution in [0.2, 0.25) is 0 Å². The fourth-order valence-electron chi connectivity index (χ4n) is 5.30. The molecule has 0 bridgehead atoms. The first-order valence-electron chi connectivity index (χ1n) is 13.5. The van der Waals surface area contributed by atoms with Gasteiger partial charge in [0, 0.05) is 6.89 Å². The number of likely N-dealkylation sites (tertiary alicyclic amines) is 1. The van der Waals surface area contributed by atoms with Crippen molar-refractivity contribution < 1.29 is 29.4 Å². The van der Waals surface area contributed by atoms with Gasteiger partial charge in [0.2, 0.25) is 11.0 Å². The van der Waals surface area contributed by atoms with Crippen LogP contribution in [0, 0.1) is 0 Å². The van der Waals surface area contributed by atoms with E-state index in [4.69, 9.17) is 0 Å². The van der Waals surface area contributed by atoms with E-state index in [0.717, 1.165) is 10.5 Å². The number of amides is 2. The topological polar surface area (TPSA) is 124 Å². The van der Waals surface area contributed by atoms with E-state index in [2.05, 4.69) is 5.32 Å². The molecule has 2 amide bonds. The van der Waals surface area contributed by atoms with Crippen molar-refractivity contribution in [3.05, 3.63) is 127 Å². The maximum absolute atomic E-state index is 14.0. The van der Waals surface area contributed by atoms with Crippen LogP contribution in [0.4, 0.5) is 0 Å². The van der Waals surface area contributed by atoms with Crippen LogP contribution in [0.5, 0.6) is 0 Å². The molecule has 0 spiro atoms. The number of aliphatic hydroxyl groups excluding tert-OH is 1. The molecule has 1 aliphatic rings. The van der Waals surface area contributed by atoms with E-state index in [0.29, 0.717) is 27.7 Å². The summed E-state index contributed by atoms with van der Waals surface area (Å²) in [5.41, 5.74) is 0.553. The van der Waals surface area contributed by atoms with E-state index >= 15 is 0 Å². The van der Waals surface area contributed by atoms with Gasteiger partial charge >= 0.3 is 5.97 Å². The molecule has 218 valence electrons. The number of carboxylic acid groups (broad SMARTS) is 1. The van der Waals surface area contributed by atoms with Crippen LogP contribution < -0.4 is 21.2 Å². The van der Waals surface area contributed by atoms with Crippen molar-refractivity contribution in [1.29, 1.82) is 0 Å². The minimum Gasteiger partial charge on any atom is -0.477 e. The standard InChI is InChI=1S/C33H29N2O6PS/c36-22-28(38)43-32-29(34-27(37)21-23-13-5-1-6-14-23)30(39)35(32)31(33(40)41)42(24-15-7-2-8-16-24,25-17-9-3-10-18-25)26-19-11-4-12-20-26/h1-20,29,32,36H,21-22H2,(H,34,37)(H,40,41). The smallest absolute Gasteiger partial charge is 0.353 e. The van der Waals surface area contributed by atoms with Gasteiger partial charge in [-0.15, -0.1) is 0 Å². The normalized spacial score (nSPS) is 16.2. The highest BCUT2D eigenvalue weighted by Gasteiger charge is 2.55. The minimum absolute atomic E-state index is 0.000435. The van der Waals surface area contributed by atoms with Gasteiger partial charge in [0.25, 0.3) is 5.91 Å². The molecule has 0 aromatic heterocycles. The third-order valence-corrected chi connectivity index (χ3v) is 12.5. The number of aliphatic carboxylic acids is 1. The highest BCUT2D eigenvalue weighted by atomic mass is 32.2. The first-order chi connectivity index (χ1) is 20.9. The molecule has 10 heteroatoms. The Hall–Kier alpha value is -4.43. The quantitative estimate of drug-likeness (QED) is 0.186. The first kappa shape index (κ1) is 30.0. The summed E-state index contributed by atoms with van der Waals surface area (Å²) in [6.45, 7) is -4.07. The van der Waals surface area contributed by atoms with Crippen LogP contribution in [0.25, 0.3) is 0 Å². The highest BCUT2D eigenvalue weighted by molar-refractivity contribution is 8.14. The van der Waals surface area contributed by atoms with Gasteiger partial charge in [-0.2, -0.15) is 0 Å². The fourth-order valence-corrected chi connectivity index (χ4v) is 10.7. The van der Waals surface area contributed by atoms with Gasteiger partial charge in [-0.1, -0.05) is 133 Å². The van der Waals surface area contributed by atoms with Crippen LogP contribution in [0.15, 0.2) is 121 Å². The number of carboxylic acids is 1.